The molecule has 15 heavy (non-hydrogen) atoms. The molecule has 1 aromatic rings. The van der Waals surface area contributed by atoms with Crippen molar-refractivity contribution in [3.05, 3.63) is 9.75 Å². The maximum Gasteiger partial charge on any atom is 0.175 e. The molecule has 2 nitrogen and oxygen atoms in total. The van der Waals surface area contributed by atoms with Crippen molar-refractivity contribution in [2.75, 3.05) is 6.61 Å². The lowest BCUT2D eigenvalue weighted by Crippen LogP contribution is -2.39. The predicted molar refractivity (Wildman–Crippen MR) is 63.2 cm³/mol. The van der Waals surface area contributed by atoms with E-state index in [1.54, 1.807) is 11.3 Å². The minimum Gasteiger partial charge on any atom is -0.485 e. The highest BCUT2D eigenvalue weighted by atomic mass is 32.1. The van der Waals surface area contributed by atoms with Gasteiger partial charge in [-0.25, -0.2) is 0 Å². The molecule has 1 aliphatic rings. The van der Waals surface area contributed by atoms with E-state index in [1.807, 2.05) is 0 Å². The molecule has 0 aliphatic carbocycles. The van der Waals surface area contributed by atoms with Gasteiger partial charge in [0.1, 0.15) is 12.7 Å². The number of aryl methyl sites for hydroxylation is 2. The summed E-state index contributed by atoms with van der Waals surface area (Å²) in [5.74, 6) is 1.92. The van der Waals surface area contributed by atoms with E-state index in [0.29, 0.717) is 6.61 Å². The standard InChI is InChI=1S/C12H18O2S/c1-7-10-11(8(2)15-7)14-9(6-13-10)12(3,4)5/h9H,6H2,1-5H3. The topological polar surface area (TPSA) is 18.5 Å². The first kappa shape index (κ1) is 10.8. The van der Waals surface area contributed by atoms with Crippen LogP contribution >= 0.6 is 11.3 Å². The molecule has 2 heterocycles. The van der Waals surface area contributed by atoms with Gasteiger partial charge in [-0.2, -0.15) is 0 Å². The highest BCUT2D eigenvalue weighted by Gasteiger charge is 2.33. The molecule has 0 aromatic carbocycles. The van der Waals surface area contributed by atoms with E-state index in [1.165, 1.54) is 9.75 Å². The summed E-state index contributed by atoms with van der Waals surface area (Å²) in [6.07, 6.45) is 0.151. The summed E-state index contributed by atoms with van der Waals surface area (Å²) >= 11 is 1.75. The van der Waals surface area contributed by atoms with Crippen molar-refractivity contribution in [3.63, 3.8) is 0 Å². The van der Waals surface area contributed by atoms with Crippen LogP contribution in [0.1, 0.15) is 30.5 Å². The fourth-order valence-electron chi connectivity index (χ4n) is 1.71. The van der Waals surface area contributed by atoms with Crippen LogP contribution in [0.5, 0.6) is 11.5 Å². The van der Waals surface area contributed by atoms with E-state index in [9.17, 15) is 0 Å². The van der Waals surface area contributed by atoms with Crippen molar-refractivity contribution in [2.45, 2.75) is 40.7 Å². The number of thiophene rings is 1. The lowest BCUT2D eigenvalue weighted by Gasteiger charge is -2.34. The van der Waals surface area contributed by atoms with Gasteiger partial charge in [-0.1, -0.05) is 20.8 Å². The highest BCUT2D eigenvalue weighted by molar-refractivity contribution is 7.12. The third-order valence-electron chi connectivity index (χ3n) is 2.76. The Labute approximate surface area is 95.2 Å². The van der Waals surface area contributed by atoms with Crippen LogP contribution in [0.15, 0.2) is 0 Å². The Morgan fingerprint density at radius 2 is 1.73 bits per heavy atom. The van der Waals surface area contributed by atoms with Gasteiger partial charge >= 0.3 is 0 Å². The maximum atomic E-state index is 6.03. The van der Waals surface area contributed by atoms with Gasteiger partial charge in [-0.3, -0.25) is 0 Å². The van der Waals surface area contributed by atoms with E-state index >= 15 is 0 Å². The summed E-state index contributed by atoms with van der Waals surface area (Å²) in [4.78, 5) is 2.44. The molecule has 0 spiro atoms. The first-order valence-electron chi connectivity index (χ1n) is 5.29. The predicted octanol–water partition coefficient (Wildman–Crippen LogP) is 3.55. The Kier molecular flexibility index (Phi) is 2.45. The fraction of sp³-hybridized carbons (Fsp3) is 0.667. The second-order valence-corrected chi connectivity index (χ2v) is 6.59. The van der Waals surface area contributed by atoms with Crippen molar-refractivity contribution in [1.82, 2.24) is 0 Å². The second-order valence-electron chi connectivity index (χ2n) is 5.16. The van der Waals surface area contributed by atoms with E-state index in [-0.39, 0.29) is 11.5 Å². The monoisotopic (exact) mass is 226 g/mol. The Hall–Kier alpha value is -0.700. The Morgan fingerprint density at radius 1 is 1.13 bits per heavy atom. The van der Waals surface area contributed by atoms with Gasteiger partial charge in [-0.05, 0) is 13.8 Å². The average molecular weight is 226 g/mol. The van der Waals surface area contributed by atoms with Crippen LogP contribution in [0, 0.1) is 19.3 Å². The summed E-state index contributed by atoms with van der Waals surface area (Å²) < 4.78 is 11.8. The zero-order chi connectivity index (χ0) is 11.2. The van der Waals surface area contributed by atoms with Crippen LogP contribution in [-0.2, 0) is 0 Å². The summed E-state index contributed by atoms with van der Waals surface area (Å²) in [7, 11) is 0. The highest BCUT2D eigenvalue weighted by Crippen LogP contribution is 2.45. The van der Waals surface area contributed by atoms with Gasteiger partial charge in [0.15, 0.2) is 11.5 Å². The molecule has 3 heteroatoms. The minimum atomic E-state index is 0.125. The molecule has 2 rings (SSSR count). The van der Waals surface area contributed by atoms with Crippen LogP contribution in [-0.4, -0.2) is 12.7 Å². The Balaban J connectivity index is 2.31. The minimum absolute atomic E-state index is 0.125. The van der Waals surface area contributed by atoms with Crippen molar-refractivity contribution in [1.29, 1.82) is 0 Å². The van der Waals surface area contributed by atoms with Crippen LogP contribution in [0.2, 0.25) is 0 Å². The summed E-state index contributed by atoms with van der Waals surface area (Å²) in [5, 5.41) is 0. The Bertz CT molecular complexity index is 374. The zero-order valence-electron chi connectivity index (χ0n) is 10.0. The van der Waals surface area contributed by atoms with Gasteiger partial charge < -0.3 is 9.47 Å². The van der Waals surface area contributed by atoms with Crippen molar-refractivity contribution in [2.24, 2.45) is 5.41 Å². The average Bonchev–Trinajstić information content (AvgIpc) is 2.41. The first-order valence-corrected chi connectivity index (χ1v) is 6.10. The number of fused-ring (bicyclic) bond motifs is 1. The van der Waals surface area contributed by atoms with Gasteiger partial charge in [0.25, 0.3) is 0 Å². The molecule has 1 atom stereocenters. The summed E-state index contributed by atoms with van der Waals surface area (Å²) in [5.41, 5.74) is 0.125. The summed E-state index contributed by atoms with van der Waals surface area (Å²) in [6.45, 7) is 11.4. The Morgan fingerprint density at radius 3 is 2.33 bits per heavy atom. The normalized spacial score (nSPS) is 20.5. The largest absolute Gasteiger partial charge is 0.485 e. The van der Waals surface area contributed by atoms with Gasteiger partial charge in [0.05, 0.1) is 0 Å². The molecule has 1 aromatic heterocycles. The van der Waals surface area contributed by atoms with E-state index in [0.717, 1.165) is 11.5 Å². The number of hydrogen-bond acceptors (Lipinski definition) is 3. The van der Waals surface area contributed by atoms with Crippen molar-refractivity contribution >= 4 is 11.3 Å². The molecule has 1 aliphatic heterocycles. The van der Waals surface area contributed by atoms with Crippen LogP contribution in [0.25, 0.3) is 0 Å². The van der Waals surface area contributed by atoms with E-state index in [2.05, 4.69) is 34.6 Å². The molecule has 1 unspecified atom stereocenters. The number of ether oxygens (including phenoxy) is 2. The number of hydrogen-bond donors (Lipinski definition) is 0. The van der Waals surface area contributed by atoms with Crippen LogP contribution in [0.4, 0.5) is 0 Å². The maximum absolute atomic E-state index is 6.03. The molecule has 0 fully saturated rings. The molecule has 0 bridgehead atoms. The SMILES string of the molecule is Cc1sc(C)c2c1OCC(C(C)(C)C)O2. The molecular formula is C12H18O2S. The van der Waals surface area contributed by atoms with Crippen molar-refractivity contribution in [3.8, 4) is 11.5 Å². The molecule has 0 saturated carbocycles. The van der Waals surface area contributed by atoms with Gasteiger partial charge in [0, 0.05) is 15.2 Å². The quantitative estimate of drug-likeness (QED) is 0.673. The molecule has 0 saturated heterocycles. The summed E-state index contributed by atoms with van der Waals surface area (Å²) in [6, 6.07) is 0. The van der Waals surface area contributed by atoms with Gasteiger partial charge in [-0.15, -0.1) is 11.3 Å². The first-order chi connectivity index (χ1) is 6.89. The molecule has 0 amide bonds. The smallest absolute Gasteiger partial charge is 0.175 e. The molecule has 0 radical (unpaired) electrons. The van der Waals surface area contributed by atoms with E-state index in [4.69, 9.17) is 9.47 Å². The third kappa shape index (κ3) is 1.85. The number of rotatable bonds is 0. The van der Waals surface area contributed by atoms with E-state index < -0.39 is 0 Å². The fourth-order valence-corrected chi connectivity index (χ4v) is 2.64. The third-order valence-corrected chi connectivity index (χ3v) is 3.74. The zero-order valence-corrected chi connectivity index (χ0v) is 10.8. The van der Waals surface area contributed by atoms with Gasteiger partial charge in [0.2, 0.25) is 0 Å². The lowest BCUT2D eigenvalue weighted by molar-refractivity contribution is 0.0164. The van der Waals surface area contributed by atoms with Crippen molar-refractivity contribution < 1.29 is 9.47 Å². The van der Waals surface area contributed by atoms with Crippen LogP contribution in [0.3, 0.4) is 0 Å². The molecular weight excluding hydrogens is 208 g/mol. The molecule has 84 valence electrons. The second kappa shape index (κ2) is 3.41. The lowest BCUT2D eigenvalue weighted by atomic mass is 9.89. The van der Waals surface area contributed by atoms with Crippen LogP contribution < -0.4 is 9.47 Å². The molecule has 0 N–H and O–H groups in total.